The highest BCUT2D eigenvalue weighted by Crippen LogP contribution is 2.48. The van der Waals surface area contributed by atoms with Crippen LogP contribution in [0.1, 0.15) is 96.9 Å². The van der Waals surface area contributed by atoms with Crippen molar-refractivity contribution in [3.05, 3.63) is 90.9 Å². The van der Waals surface area contributed by atoms with E-state index in [1.54, 1.807) is 32.9 Å². The molecule has 11 heteroatoms. The minimum atomic E-state index is -0.635. The molecule has 4 aromatic rings. The Labute approximate surface area is 365 Å². The van der Waals surface area contributed by atoms with Gasteiger partial charge in [-0.05, 0) is 113 Å². The Bertz CT molecular complexity index is 1920. The third kappa shape index (κ3) is 13.7. The summed E-state index contributed by atoms with van der Waals surface area (Å²) in [5.41, 5.74) is 6.31. The zero-order chi connectivity index (χ0) is 43.5. The highest BCUT2D eigenvalue weighted by Gasteiger charge is 2.26. The number of carbonyl (C=O) groups excluding carboxylic acids is 2. The Morgan fingerprint density at radius 1 is 0.500 bits per heavy atom. The number of aryl methyl sites for hydroxylation is 4. The molecule has 0 saturated carbocycles. The average Bonchev–Trinajstić information content (AvgIpc) is 3.12. The number of esters is 1. The lowest BCUT2D eigenvalue weighted by atomic mass is 9.90. The average molecular weight is 877 g/mol. The summed E-state index contributed by atoms with van der Waals surface area (Å²) in [5, 5.41) is 1.90. The third-order valence-corrected chi connectivity index (χ3v) is 9.72. The van der Waals surface area contributed by atoms with Crippen molar-refractivity contribution in [1.29, 1.82) is 0 Å². The molecular formula is C47H58Cl4O7. The fourth-order valence-electron chi connectivity index (χ4n) is 6.14. The summed E-state index contributed by atoms with van der Waals surface area (Å²) >= 11 is 25.9. The zero-order valence-corrected chi connectivity index (χ0v) is 39.0. The fraction of sp³-hybridized carbons (Fsp3) is 0.447. The first-order valence-corrected chi connectivity index (χ1v) is 21.0. The highest BCUT2D eigenvalue weighted by atomic mass is 35.5. The van der Waals surface area contributed by atoms with Crippen LogP contribution in [0.25, 0.3) is 22.3 Å². The van der Waals surface area contributed by atoms with E-state index in [0.717, 1.165) is 46.2 Å². The normalized spacial score (nSPS) is 11.4. The smallest absolute Gasteiger partial charge is 0.344 e. The summed E-state index contributed by atoms with van der Waals surface area (Å²) in [6.45, 7) is 24.2. The zero-order valence-electron chi connectivity index (χ0n) is 35.9. The van der Waals surface area contributed by atoms with Crippen molar-refractivity contribution in [1.82, 2.24) is 0 Å². The predicted molar refractivity (Wildman–Crippen MR) is 240 cm³/mol. The number of hydrogen-bond donors (Lipinski definition) is 0. The lowest BCUT2D eigenvalue weighted by Gasteiger charge is -2.23. The second-order valence-electron chi connectivity index (χ2n) is 16.4. The van der Waals surface area contributed by atoms with Gasteiger partial charge in [-0.2, -0.15) is 0 Å². The van der Waals surface area contributed by atoms with Gasteiger partial charge in [-0.15, -0.1) is 0 Å². The van der Waals surface area contributed by atoms with Crippen molar-refractivity contribution >= 4 is 58.2 Å². The van der Waals surface area contributed by atoms with Gasteiger partial charge in [-0.3, -0.25) is 4.79 Å². The van der Waals surface area contributed by atoms with Crippen molar-refractivity contribution < 1.29 is 33.3 Å². The number of rotatable bonds is 15. The van der Waals surface area contributed by atoms with Crippen LogP contribution in [-0.2, 0) is 14.3 Å². The van der Waals surface area contributed by atoms with Gasteiger partial charge in [0.2, 0.25) is 0 Å². The number of ketones is 1. The van der Waals surface area contributed by atoms with Crippen LogP contribution in [0, 0.1) is 33.1 Å². The van der Waals surface area contributed by atoms with Gasteiger partial charge in [-0.1, -0.05) is 105 Å². The van der Waals surface area contributed by atoms with Crippen molar-refractivity contribution in [2.45, 2.75) is 108 Å². The molecule has 316 valence electrons. The lowest BCUT2D eigenvalue weighted by molar-refractivity contribution is -0.157. The van der Waals surface area contributed by atoms with Gasteiger partial charge < -0.3 is 23.7 Å². The summed E-state index contributed by atoms with van der Waals surface area (Å²) < 4.78 is 29.2. The van der Waals surface area contributed by atoms with Crippen molar-refractivity contribution in [3.8, 4) is 45.3 Å². The molecule has 0 atom stereocenters. The quantitative estimate of drug-likeness (QED) is 0.110. The first-order valence-electron chi connectivity index (χ1n) is 19.5. The number of ether oxygens (including phenoxy) is 5. The SMILES string of the molecule is CCCOc1c(Cl)ccc(C)c1-c1c(C)ccc(Cl)c1OCCC.Cc1ccc(Cl)c(OCC(=O)CC(C)(C)C)c1-c1c(C)ccc(Cl)c1OCC(=O)OC(C)(C)C. The number of Topliss-reactive ketones (excluding diaryl/α,β-unsaturated/α-hetero) is 1. The first-order chi connectivity index (χ1) is 27.1. The number of benzene rings is 4. The largest absolute Gasteiger partial charge is 0.491 e. The van der Waals surface area contributed by atoms with Gasteiger partial charge in [0.1, 0.15) is 35.2 Å². The van der Waals surface area contributed by atoms with E-state index in [4.69, 9.17) is 70.1 Å². The van der Waals surface area contributed by atoms with E-state index >= 15 is 0 Å². The lowest BCUT2D eigenvalue weighted by Crippen LogP contribution is -2.27. The molecule has 4 aromatic carbocycles. The van der Waals surface area contributed by atoms with E-state index in [0.29, 0.717) is 73.9 Å². The molecule has 58 heavy (non-hydrogen) atoms. The molecule has 0 amide bonds. The van der Waals surface area contributed by atoms with E-state index < -0.39 is 11.6 Å². The third-order valence-electron chi connectivity index (χ3n) is 8.53. The van der Waals surface area contributed by atoms with Gasteiger partial charge >= 0.3 is 5.97 Å². The highest BCUT2D eigenvalue weighted by molar-refractivity contribution is 6.34. The minimum absolute atomic E-state index is 0.0276. The van der Waals surface area contributed by atoms with E-state index in [1.807, 2.05) is 71.0 Å². The molecule has 0 aliphatic carbocycles. The Morgan fingerprint density at radius 2 is 0.810 bits per heavy atom. The van der Waals surface area contributed by atoms with Crippen molar-refractivity contribution in [2.75, 3.05) is 26.4 Å². The molecule has 4 rings (SSSR count). The Morgan fingerprint density at radius 3 is 1.10 bits per heavy atom. The monoisotopic (exact) mass is 874 g/mol. The Kier molecular flexibility index (Phi) is 18.1. The van der Waals surface area contributed by atoms with Crippen LogP contribution < -0.4 is 18.9 Å². The maximum absolute atomic E-state index is 12.5. The van der Waals surface area contributed by atoms with Gasteiger partial charge in [0.15, 0.2) is 12.4 Å². The van der Waals surface area contributed by atoms with Crippen LogP contribution in [0.5, 0.6) is 23.0 Å². The summed E-state index contributed by atoms with van der Waals surface area (Å²) in [7, 11) is 0. The molecule has 0 aliphatic rings. The van der Waals surface area contributed by atoms with Crippen LogP contribution in [0.3, 0.4) is 0 Å². The molecule has 0 aliphatic heterocycles. The van der Waals surface area contributed by atoms with E-state index in [9.17, 15) is 9.59 Å². The van der Waals surface area contributed by atoms with E-state index in [-0.39, 0.29) is 24.4 Å². The maximum Gasteiger partial charge on any atom is 0.344 e. The molecular weight excluding hydrogens is 818 g/mol. The maximum atomic E-state index is 12.5. The van der Waals surface area contributed by atoms with Gasteiger partial charge in [-0.25, -0.2) is 4.79 Å². The summed E-state index contributed by atoms with van der Waals surface area (Å²) in [5.74, 6) is 1.55. The number of halogens is 4. The van der Waals surface area contributed by atoms with Gasteiger partial charge in [0.25, 0.3) is 0 Å². The summed E-state index contributed by atoms with van der Waals surface area (Å²) in [6.07, 6.45) is 2.21. The number of hydrogen-bond acceptors (Lipinski definition) is 7. The fourth-order valence-corrected chi connectivity index (χ4v) is 6.98. The van der Waals surface area contributed by atoms with Crippen molar-refractivity contribution in [2.24, 2.45) is 5.41 Å². The van der Waals surface area contributed by atoms with Crippen molar-refractivity contribution in [3.63, 3.8) is 0 Å². The second-order valence-corrected chi connectivity index (χ2v) is 18.0. The molecule has 7 nitrogen and oxygen atoms in total. The summed E-state index contributed by atoms with van der Waals surface area (Å²) in [6, 6.07) is 14.9. The van der Waals surface area contributed by atoms with Crippen LogP contribution in [0.2, 0.25) is 20.1 Å². The first kappa shape index (κ1) is 48.7. The summed E-state index contributed by atoms with van der Waals surface area (Å²) in [4.78, 5) is 24.8. The predicted octanol–water partition coefficient (Wildman–Crippen LogP) is 14.2. The van der Waals surface area contributed by atoms with Gasteiger partial charge in [0, 0.05) is 28.7 Å². The molecule has 0 spiro atoms. The Hall–Kier alpha value is -3.62. The number of carbonyl (C=O) groups is 2. The topological polar surface area (TPSA) is 80.3 Å². The standard InChI is InChI=1S/C27H34Cl2O5.C20H24Cl2O2/c1-16-9-11-19(28)24(32-14-18(30)13-26(3,4)5)22(16)23-17(2)10-12-20(29)25(23)33-15-21(31)34-27(6,7)8;1-5-11-23-19-15(21)9-7-13(3)17(19)18-14(4)8-10-16(22)20(18)24-12-6-2/h9-12H,13-15H2,1-8H3;7-10H,5-6,11-12H2,1-4H3. The molecule has 0 radical (unpaired) electrons. The Balaban J connectivity index is 0.000000329. The van der Waals surface area contributed by atoms with Gasteiger partial charge in [0.05, 0.1) is 33.3 Å². The minimum Gasteiger partial charge on any atom is -0.491 e. The second kappa shape index (κ2) is 21.6. The van der Waals surface area contributed by atoms with Crippen LogP contribution in [-0.4, -0.2) is 43.8 Å². The van der Waals surface area contributed by atoms with Crippen LogP contribution in [0.15, 0.2) is 48.5 Å². The molecule has 0 bridgehead atoms. The van der Waals surface area contributed by atoms with E-state index in [1.165, 1.54) is 0 Å². The van der Waals surface area contributed by atoms with Crippen LogP contribution in [0.4, 0.5) is 0 Å². The van der Waals surface area contributed by atoms with E-state index in [2.05, 4.69) is 27.7 Å². The molecule has 0 fully saturated rings. The molecule has 0 unspecified atom stereocenters. The molecule has 0 aromatic heterocycles. The molecule has 0 saturated heterocycles. The molecule has 0 N–H and O–H groups in total. The molecule has 0 heterocycles. The van der Waals surface area contributed by atoms with Crippen LogP contribution >= 0.6 is 46.4 Å².